The maximum Gasteiger partial charge on any atom is 0.266 e. The molecule has 122 valence electrons. The summed E-state index contributed by atoms with van der Waals surface area (Å²) in [5.74, 6) is 0. The standard InChI is InChI=1S/C15H12ClN5OS2/c16-10-4-2-1-3-8(10)5-11(21-18)14-20-13(22)12(24-14)6-9-7-19-15(17)23-9/h1-4,6-7,18H,5H2,(H2,17,19)(H,20,22). The van der Waals surface area contributed by atoms with E-state index in [1.165, 1.54) is 22.7 Å². The smallest absolute Gasteiger partial charge is 0.266 e. The molecule has 0 aliphatic rings. The second kappa shape index (κ2) is 7.08. The molecular formula is C15H12ClN5OS2. The molecule has 2 aromatic heterocycles. The maximum atomic E-state index is 12.1. The van der Waals surface area contributed by atoms with Crippen molar-refractivity contribution in [3.05, 3.63) is 65.5 Å². The number of halogens is 1. The van der Waals surface area contributed by atoms with Crippen LogP contribution in [0.15, 0.2) is 40.4 Å². The van der Waals surface area contributed by atoms with Crippen molar-refractivity contribution in [2.75, 3.05) is 5.73 Å². The summed E-state index contributed by atoms with van der Waals surface area (Å²) in [6, 6.07) is 7.35. The first-order valence-corrected chi connectivity index (χ1v) is 8.84. The van der Waals surface area contributed by atoms with Crippen molar-refractivity contribution >= 4 is 51.2 Å². The highest BCUT2D eigenvalue weighted by Gasteiger charge is 2.07. The van der Waals surface area contributed by atoms with Crippen molar-refractivity contribution in [2.24, 2.45) is 5.11 Å². The van der Waals surface area contributed by atoms with Gasteiger partial charge in [-0.25, -0.2) is 10.5 Å². The number of nitrogens with zero attached hydrogens (tertiary/aromatic N) is 2. The van der Waals surface area contributed by atoms with Gasteiger partial charge in [-0.1, -0.05) is 41.1 Å². The van der Waals surface area contributed by atoms with Gasteiger partial charge >= 0.3 is 0 Å². The normalized spacial score (nSPS) is 13.1. The largest absolute Gasteiger partial charge is 0.375 e. The van der Waals surface area contributed by atoms with Crippen LogP contribution in [0.3, 0.4) is 0 Å². The fraction of sp³-hybridized carbons (Fsp3) is 0.0667. The summed E-state index contributed by atoms with van der Waals surface area (Å²) < 4.78 is 1.05. The Morgan fingerprint density at radius 3 is 2.88 bits per heavy atom. The summed E-state index contributed by atoms with van der Waals surface area (Å²) in [6.45, 7) is 0. The minimum atomic E-state index is -0.234. The quantitative estimate of drug-likeness (QED) is 0.607. The van der Waals surface area contributed by atoms with Gasteiger partial charge in [-0.05, 0) is 17.7 Å². The third kappa shape index (κ3) is 3.61. The number of anilines is 1. The zero-order valence-corrected chi connectivity index (χ0v) is 14.6. The van der Waals surface area contributed by atoms with Crippen LogP contribution in [0, 0.1) is 5.53 Å². The van der Waals surface area contributed by atoms with Gasteiger partial charge in [-0.15, -0.1) is 11.3 Å². The van der Waals surface area contributed by atoms with Crippen molar-refractivity contribution in [3.8, 4) is 0 Å². The summed E-state index contributed by atoms with van der Waals surface area (Å²) in [4.78, 5) is 19.6. The lowest BCUT2D eigenvalue weighted by atomic mass is 10.1. The maximum absolute atomic E-state index is 12.1. The Hall–Kier alpha value is -2.29. The number of hydrogen-bond acceptors (Lipinski definition) is 7. The molecule has 0 spiro atoms. The number of aromatic nitrogens is 2. The van der Waals surface area contributed by atoms with Crippen LogP contribution in [0.25, 0.3) is 11.8 Å². The zero-order chi connectivity index (χ0) is 17.1. The van der Waals surface area contributed by atoms with Crippen LogP contribution in [0.2, 0.25) is 5.02 Å². The van der Waals surface area contributed by atoms with Crippen molar-refractivity contribution in [3.63, 3.8) is 0 Å². The van der Waals surface area contributed by atoms with Crippen LogP contribution in [0.4, 0.5) is 5.13 Å². The summed E-state index contributed by atoms with van der Waals surface area (Å²) >= 11 is 8.69. The number of H-pyrrole nitrogens is 1. The molecule has 0 saturated carbocycles. The molecule has 0 fully saturated rings. The number of nitrogens with two attached hydrogens (primary N) is 1. The summed E-state index contributed by atoms with van der Waals surface area (Å²) in [5, 5.41) is 4.61. The molecule has 6 nitrogen and oxygen atoms in total. The molecule has 0 atom stereocenters. The van der Waals surface area contributed by atoms with Crippen molar-refractivity contribution < 1.29 is 0 Å². The number of thiazole rings is 2. The van der Waals surface area contributed by atoms with E-state index in [9.17, 15) is 4.79 Å². The third-order valence-corrected chi connectivity index (χ3v) is 5.40. The van der Waals surface area contributed by atoms with Crippen LogP contribution in [-0.4, -0.2) is 9.97 Å². The molecule has 0 aliphatic carbocycles. The minimum Gasteiger partial charge on any atom is -0.375 e. The van der Waals surface area contributed by atoms with Crippen LogP contribution < -0.4 is 20.5 Å². The number of aromatic amines is 1. The van der Waals surface area contributed by atoms with Gasteiger partial charge in [0.05, 0.1) is 9.41 Å². The number of nitrogens with one attached hydrogen (secondary N) is 2. The molecule has 0 amide bonds. The van der Waals surface area contributed by atoms with E-state index >= 15 is 0 Å². The second-order valence-electron chi connectivity index (χ2n) is 4.82. The molecule has 0 radical (unpaired) electrons. The number of rotatable bonds is 4. The van der Waals surface area contributed by atoms with E-state index in [1.54, 1.807) is 18.3 Å². The molecule has 0 bridgehead atoms. The van der Waals surface area contributed by atoms with E-state index in [0.29, 0.717) is 31.5 Å². The fourth-order valence-electron chi connectivity index (χ4n) is 2.06. The van der Waals surface area contributed by atoms with E-state index < -0.39 is 0 Å². The molecule has 3 aromatic rings. The number of benzene rings is 1. The lowest BCUT2D eigenvalue weighted by Crippen LogP contribution is -2.20. The Labute approximate surface area is 149 Å². The van der Waals surface area contributed by atoms with Gasteiger partial charge in [-0.2, -0.15) is 5.11 Å². The van der Waals surface area contributed by atoms with Gasteiger partial charge in [0, 0.05) is 17.6 Å². The Balaban J connectivity index is 2.07. The SMILES string of the molecule is N=NC(Cc1ccccc1Cl)=c1[nH]c(=O)c(=Cc2cnc(N)s2)s1. The van der Waals surface area contributed by atoms with Gasteiger partial charge < -0.3 is 10.7 Å². The van der Waals surface area contributed by atoms with Crippen LogP contribution in [-0.2, 0) is 6.42 Å². The molecule has 24 heavy (non-hydrogen) atoms. The topological polar surface area (TPSA) is 108 Å². The van der Waals surface area contributed by atoms with E-state index in [4.69, 9.17) is 22.9 Å². The first-order chi connectivity index (χ1) is 11.6. The monoisotopic (exact) mass is 377 g/mol. The Kier molecular flexibility index (Phi) is 4.89. The predicted octanol–water partition coefficient (Wildman–Crippen LogP) is 2.34. The number of nitrogen functional groups attached to an aromatic ring is 1. The summed E-state index contributed by atoms with van der Waals surface area (Å²) in [5.41, 5.74) is 14.1. The van der Waals surface area contributed by atoms with E-state index in [0.717, 1.165) is 10.4 Å². The van der Waals surface area contributed by atoms with Crippen molar-refractivity contribution in [2.45, 2.75) is 6.42 Å². The van der Waals surface area contributed by atoms with Crippen molar-refractivity contribution in [1.29, 1.82) is 5.53 Å². The highest BCUT2D eigenvalue weighted by atomic mass is 35.5. The first kappa shape index (κ1) is 16.6. The second-order valence-corrected chi connectivity index (χ2v) is 7.37. The minimum absolute atomic E-state index is 0.234. The zero-order valence-electron chi connectivity index (χ0n) is 12.2. The molecule has 3 rings (SSSR count). The van der Waals surface area contributed by atoms with Gasteiger partial charge in [0.1, 0.15) is 10.4 Å². The fourth-order valence-corrected chi connectivity index (χ4v) is 3.90. The van der Waals surface area contributed by atoms with Crippen LogP contribution >= 0.6 is 34.3 Å². The molecular weight excluding hydrogens is 366 g/mol. The van der Waals surface area contributed by atoms with E-state index in [-0.39, 0.29) is 5.56 Å². The van der Waals surface area contributed by atoms with E-state index in [2.05, 4.69) is 15.1 Å². The summed E-state index contributed by atoms with van der Waals surface area (Å²) in [7, 11) is 0. The van der Waals surface area contributed by atoms with Gasteiger partial charge in [0.2, 0.25) is 0 Å². The van der Waals surface area contributed by atoms with Gasteiger partial charge in [0.25, 0.3) is 5.56 Å². The lowest BCUT2D eigenvalue weighted by Gasteiger charge is -2.02. The van der Waals surface area contributed by atoms with Gasteiger partial charge in [-0.3, -0.25) is 4.79 Å². The van der Waals surface area contributed by atoms with Crippen LogP contribution in [0.1, 0.15) is 10.4 Å². The molecule has 0 aliphatic heterocycles. The average Bonchev–Trinajstić information content (AvgIpc) is 3.13. The summed E-state index contributed by atoms with van der Waals surface area (Å²) in [6.07, 6.45) is 3.70. The first-order valence-electron chi connectivity index (χ1n) is 6.83. The molecule has 1 aromatic carbocycles. The molecule has 0 unspecified atom stereocenters. The Morgan fingerprint density at radius 1 is 1.42 bits per heavy atom. The molecule has 0 saturated heterocycles. The predicted molar refractivity (Wildman–Crippen MR) is 98.0 cm³/mol. The highest BCUT2D eigenvalue weighted by molar-refractivity contribution is 7.16. The number of hydrogen-bond donors (Lipinski definition) is 3. The molecule has 2 heterocycles. The lowest BCUT2D eigenvalue weighted by molar-refractivity contribution is 1.07. The van der Waals surface area contributed by atoms with Crippen molar-refractivity contribution in [1.82, 2.24) is 9.97 Å². The third-order valence-electron chi connectivity index (χ3n) is 3.19. The van der Waals surface area contributed by atoms with Gasteiger partial charge in [0.15, 0.2) is 5.13 Å². The Morgan fingerprint density at radius 2 is 2.21 bits per heavy atom. The molecule has 9 heteroatoms. The van der Waals surface area contributed by atoms with Crippen LogP contribution in [0.5, 0.6) is 0 Å². The van der Waals surface area contributed by atoms with E-state index in [1.807, 2.05) is 18.2 Å². The highest BCUT2D eigenvalue weighted by Crippen LogP contribution is 2.19. The average molecular weight is 378 g/mol. The Bertz CT molecular complexity index is 1070. The molecule has 4 N–H and O–H groups in total.